The zero-order valence-corrected chi connectivity index (χ0v) is 16.7. The molecule has 4 heterocycles. The zero-order chi connectivity index (χ0) is 18.0. The van der Waals surface area contributed by atoms with E-state index in [0.717, 1.165) is 78.1 Å². The third kappa shape index (κ3) is 3.64. The van der Waals surface area contributed by atoms with Crippen LogP contribution in [-0.2, 0) is 11.3 Å². The number of piperidine rings is 1. The summed E-state index contributed by atoms with van der Waals surface area (Å²) in [5, 5.41) is 4.42. The molecule has 0 saturated carbocycles. The summed E-state index contributed by atoms with van der Waals surface area (Å²) >= 11 is 1.78. The van der Waals surface area contributed by atoms with Crippen LogP contribution in [0.15, 0.2) is 16.8 Å². The summed E-state index contributed by atoms with van der Waals surface area (Å²) < 4.78 is 5.58. The van der Waals surface area contributed by atoms with Crippen molar-refractivity contribution in [2.75, 3.05) is 53.0 Å². The van der Waals surface area contributed by atoms with E-state index in [2.05, 4.69) is 26.6 Å². The standard InChI is InChI=1S/C20H31N3O2S/c1-25-14-18-13-21(12-17-4-11-26-15-17)16-20(18)5-9-23(10-6-20)19(24)22-7-2-3-8-22/h4,11,15,18H,2-3,5-10,12-14,16H2,1H3. The first-order chi connectivity index (χ1) is 12.7. The molecule has 0 aromatic carbocycles. The molecule has 6 heteroatoms. The van der Waals surface area contributed by atoms with E-state index in [4.69, 9.17) is 4.74 Å². The van der Waals surface area contributed by atoms with Crippen molar-refractivity contribution in [3.05, 3.63) is 22.4 Å². The van der Waals surface area contributed by atoms with E-state index in [-0.39, 0.29) is 6.03 Å². The molecular formula is C20H31N3O2S. The van der Waals surface area contributed by atoms with Crippen LogP contribution >= 0.6 is 11.3 Å². The predicted octanol–water partition coefficient (Wildman–Crippen LogP) is 3.12. The molecule has 4 rings (SSSR count). The zero-order valence-electron chi connectivity index (χ0n) is 15.9. The smallest absolute Gasteiger partial charge is 0.319 e. The van der Waals surface area contributed by atoms with Gasteiger partial charge in [-0.15, -0.1) is 0 Å². The summed E-state index contributed by atoms with van der Waals surface area (Å²) in [5.74, 6) is 0.579. The van der Waals surface area contributed by atoms with E-state index in [1.54, 1.807) is 11.3 Å². The monoisotopic (exact) mass is 377 g/mol. The number of likely N-dealkylation sites (tertiary alicyclic amines) is 3. The number of carbonyl (C=O) groups is 1. The van der Waals surface area contributed by atoms with Gasteiger partial charge in [-0.2, -0.15) is 11.3 Å². The normalized spacial score (nSPS) is 26.1. The number of hydrogen-bond donors (Lipinski definition) is 0. The minimum Gasteiger partial charge on any atom is -0.384 e. The highest BCUT2D eigenvalue weighted by molar-refractivity contribution is 7.07. The van der Waals surface area contributed by atoms with Crippen molar-refractivity contribution in [1.29, 1.82) is 0 Å². The highest BCUT2D eigenvalue weighted by atomic mass is 32.1. The van der Waals surface area contributed by atoms with Gasteiger partial charge in [-0.1, -0.05) is 0 Å². The van der Waals surface area contributed by atoms with Gasteiger partial charge in [0.25, 0.3) is 0 Å². The molecule has 5 nitrogen and oxygen atoms in total. The maximum atomic E-state index is 12.7. The van der Waals surface area contributed by atoms with Crippen LogP contribution in [0.25, 0.3) is 0 Å². The number of carbonyl (C=O) groups excluding carboxylic acids is 1. The van der Waals surface area contributed by atoms with Gasteiger partial charge in [-0.3, -0.25) is 4.90 Å². The highest BCUT2D eigenvalue weighted by Gasteiger charge is 2.48. The molecule has 1 spiro atoms. The Morgan fingerprint density at radius 2 is 1.96 bits per heavy atom. The van der Waals surface area contributed by atoms with Crippen molar-refractivity contribution in [2.24, 2.45) is 11.3 Å². The molecule has 0 N–H and O–H groups in total. The van der Waals surface area contributed by atoms with Crippen molar-refractivity contribution >= 4 is 17.4 Å². The van der Waals surface area contributed by atoms with Gasteiger partial charge < -0.3 is 14.5 Å². The molecule has 144 valence electrons. The number of thiophene rings is 1. The van der Waals surface area contributed by atoms with Crippen LogP contribution in [0.1, 0.15) is 31.2 Å². The molecule has 1 atom stereocenters. The lowest BCUT2D eigenvalue weighted by atomic mass is 9.71. The van der Waals surface area contributed by atoms with E-state index in [0.29, 0.717) is 11.3 Å². The van der Waals surface area contributed by atoms with Crippen LogP contribution in [0.4, 0.5) is 4.79 Å². The van der Waals surface area contributed by atoms with Crippen LogP contribution in [-0.4, -0.2) is 73.7 Å². The molecule has 3 aliphatic rings. The first-order valence-corrected chi connectivity index (χ1v) is 10.9. The van der Waals surface area contributed by atoms with E-state index < -0.39 is 0 Å². The molecule has 0 radical (unpaired) electrons. The Morgan fingerprint density at radius 1 is 1.23 bits per heavy atom. The molecule has 3 saturated heterocycles. The first kappa shape index (κ1) is 18.3. The van der Waals surface area contributed by atoms with Crippen LogP contribution in [0, 0.1) is 11.3 Å². The molecule has 2 amide bonds. The molecule has 0 bridgehead atoms. The third-order valence-corrected chi connectivity index (χ3v) is 7.38. The van der Waals surface area contributed by atoms with Crippen molar-refractivity contribution in [2.45, 2.75) is 32.2 Å². The van der Waals surface area contributed by atoms with Crippen molar-refractivity contribution in [3.8, 4) is 0 Å². The van der Waals surface area contributed by atoms with Gasteiger partial charge in [0.05, 0.1) is 6.61 Å². The Morgan fingerprint density at radius 3 is 2.62 bits per heavy atom. The summed E-state index contributed by atoms with van der Waals surface area (Å²) in [5.41, 5.74) is 1.73. The second kappa shape index (κ2) is 7.87. The van der Waals surface area contributed by atoms with Crippen LogP contribution in [0.5, 0.6) is 0 Å². The summed E-state index contributed by atoms with van der Waals surface area (Å²) in [6, 6.07) is 2.51. The number of nitrogens with zero attached hydrogens (tertiary/aromatic N) is 3. The molecule has 3 aliphatic heterocycles. The Labute approximate surface area is 160 Å². The number of methoxy groups -OCH3 is 1. The van der Waals surface area contributed by atoms with Gasteiger partial charge in [-0.05, 0) is 53.5 Å². The second-order valence-electron chi connectivity index (χ2n) is 8.28. The van der Waals surface area contributed by atoms with Crippen LogP contribution in [0.3, 0.4) is 0 Å². The SMILES string of the molecule is COCC1CN(Cc2ccsc2)CC12CCN(C(=O)N1CCCC1)CC2. The number of ether oxygens (including phenoxy) is 1. The number of urea groups is 1. The lowest BCUT2D eigenvalue weighted by molar-refractivity contribution is 0.0423. The average Bonchev–Trinajstić information content (AvgIpc) is 3.39. The molecule has 3 fully saturated rings. The topological polar surface area (TPSA) is 36.0 Å². The lowest BCUT2D eigenvalue weighted by Gasteiger charge is -2.43. The van der Waals surface area contributed by atoms with Crippen molar-refractivity contribution < 1.29 is 9.53 Å². The largest absolute Gasteiger partial charge is 0.384 e. The Kier molecular flexibility index (Phi) is 5.53. The third-order valence-electron chi connectivity index (χ3n) is 6.64. The van der Waals surface area contributed by atoms with Gasteiger partial charge in [0.1, 0.15) is 0 Å². The summed E-state index contributed by atoms with van der Waals surface area (Å²) in [6.07, 6.45) is 4.55. The summed E-state index contributed by atoms with van der Waals surface area (Å²) in [7, 11) is 1.82. The van der Waals surface area contributed by atoms with Gasteiger partial charge in [-0.25, -0.2) is 4.79 Å². The molecule has 1 unspecified atom stereocenters. The van der Waals surface area contributed by atoms with Crippen LogP contribution in [0.2, 0.25) is 0 Å². The lowest BCUT2D eigenvalue weighted by Crippen LogP contribution is -2.50. The van der Waals surface area contributed by atoms with Gasteiger partial charge >= 0.3 is 6.03 Å². The fourth-order valence-corrected chi connectivity index (χ4v) is 5.81. The molecular weight excluding hydrogens is 346 g/mol. The molecule has 0 aliphatic carbocycles. The van der Waals surface area contributed by atoms with Gasteiger partial charge in [0, 0.05) is 58.8 Å². The average molecular weight is 378 g/mol. The molecule has 1 aromatic rings. The predicted molar refractivity (Wildman–Crippen MR) is 104 cm³/mol. The number of hydrogen-bond acceptors (Lipinski definition) is 4. The maximum Gasteiger partial charge on any atom is 0.319 e. The van der Waals surface area contributed by atoms with E-state index >= 15 is 0 Å². The highest BCUT2D eigenvalue weighted by Crippen LogP contribution is 2.45. The fraction of sp³-hybridized carbons (Fsp3) is 0.750. The molecule has 26 heavy (non-hydrogen) atoms. The second-order valence-corrected chi connectivity index (χ2v) is 9.06. The number of rotatable bonds is 4. The Balaban J connectivity index is 1.39. The van der Waals surface area contributed by atoms with E-state index in [9.17, 15) is 4.79 Å². The Bertz CT molecular complexity index is 592. The van der Waals surface area contributed by atoms with Crippen molar-refractivity contribution in [1.82, 2.24) is 14.7 Å². The Hall–Kier alpha value is -1.11. The summed E-state index contributed by atoms with van der Waals surface area (Å²) in [6.45, 7) is 7.83. The minimum absolute atomic E-state index is 0.272. The van der Waals surface area contributed by atoms with Gasteiger partial charge in [0.2, 0.25) is 0 Å². The van der Waals surface area contributed by atoms with Gasteiger partial charge in [0.15, 0.2) is 0 Å². The van der Waals surface area contributed by atoms with Crippen molar-refractivity contribution in [3.63, 3.8) is 0 Å². The van der Waals surface area contributed by atoms with E-state index in [1.807, 2.05) is 12.0 Å². The fourth-order valence-electron chi connectivity index (χ4n) is 5.15. The first-order valence-electron chi connectivity index (χ1n) is 9.96. The van der Waals surface area contributed by atoms with Crippen LogP contribution < -0.4 is 0 Å². The quantitative estimate of drug-likeness (QED) is 0.809. The molecule has 1 aromatic heterocycles. The maximum absolute atomic E-state index is 12.7. The minimum atomic E-state index is 0.272. The number of amides is 2. The summed E-state index contributed by atoms with van der Waals surface area (Å²) in [4.78, 5) is 19.4. The van der Waals surface area contributed by atoms with E-state index in [1.165, 1.54) is 5.56 Å².